The zero-order valence-electron chi connectivity index (χ0n) is 16.8. The molecule has 0 heterocycles. The lowest BCUT2D eigenvalue weighted by Gasteiger charge is -2.59. The van der Waals surface area contributed by atoms with Crippen molar-refractivity contribution < 1.29 is 14.3 Å². The van der Waals surface area contributed by atoms with E-state index in [1.165, 1.54) is 11.6 Å². The van der Waals surface area contributed by atoms with Gasteiger partial charge < -0.3 is 4.74 Å². The number of carbonyl (C=O) groups excluding carboxylic acids is 2. The maximum atomic E-state index is 12.1. The van der Waals surface area contributed by atoms with Crippen LogP contribution in [0.25, 0.3) is 0 Å². The van der Waals surface area contributed by atoms with Crippen LogP contribution in [-0.4, -0.2) is 17.4 Å². The van der Waals surface area contributed by atoms with E-state index >= 15 is 0 Å². The van der Waals surface area contributed by atoms with Crippen LogP contribution < -0.4 is 0 Å². The summed E-state index contributed by atoms with van der Waals surface area (Å²) in [5.74, 6) is 1.79. The summed E-state index contributed by atoms with van der Waals surface area (Å²) in [6.07, 6.45) is 13.1. The van der Waals surface area contributed by atoms with Gasteiger partial charge in [-0.15, -0.1) is 0 Å². The normalized spacial score (nSPS) is 45.8. The molecule has 4 aliphatic carbocycles. The summed E-state index contributed by atoms with van der Waals surface area (Å²) in [7, 11) is 0. The molecule has 0 bridgehead atoms. The number of ether oxygens (including phenoxy) is 1. The summed E-state index contributed by atoms with van der Waals surface area (Å²) in [5.41, 5.74) is 0.939. The first-order chi connectivity index (χ1) is 12.8. The predicted octanol–water partition coefficient (Wildman–Crippen LogP) is 5.17. The molecule has 0 aromatic rings. The van der Waals surface area contributed by atoms with Crippen LogP contribution in [0.5, 0.6) is 0 Å². The number of ketones is 1. The first-order valence-electron chi connectivity index (χ1n) is 10.5. The minimum Gasteiger partial charge on any atom is -0.451 e. The molecule has 0 N–H and O–H groups in total. The van der Waals surface area contributed by atoms with Crippen molar-refractivity contribution in [3.8, 4) is 0 Å². The van der Waals surface area contributed by atoms with E-state index in [1.807, 2.05) is 12.2 Å². The van der Waals surface area contributed by atoms with Crippen LogP contribution in [0.4, 0.5) is 0 Å². The zero-order chi connectivity index (χ0) is 19.4. The van der Waals surface area contributed by atoms with Crippen molar-refractivity contribution in [2.24, 2.45) is 28.6 Å². The lowest BCUT2D eigenvalue weighted by Crippen LogP contribution is -2.55. The van der Waals surface area contributed by atoms with Gasteiger partial charge in [0.05, 0.1) is 0 Å². The Labute approximate surface area is 162 Å². The smallest absolute Gasteiger partial charge is 0.331 e. The van der Waals surface area contributed by atoms with Gasteiger partial charge in [-0.3, -0.25) is 4.79 Å². The Morgan fingerprint density at radius 2 is 1.85 bits per heavy atom. The van der Waals surface area contributed by atoms with Gasteiger partial charge in [-0.1, -0.05) is 32.6 Å². The molecule has 3 fully saturated rings. The average molecular weight is 369 g/mol. The molecule has 0 aromatic carbocycles. The van der Waals surface area contributed by atoms with Crippen molar-refractivity contribution in [3.05, 3.63) is 37.0 Å². The fraction of sp³-hybridized carbons (Fsp3) is 0.667. The summed E-state index contributed by atoms with van der Waals surface area (Å²) >= 11 is 0. The van der Waals surface area contributed by atoms with E-state index in [1.54, 1.807) is 0 Å². The monoisotopic (exact) mass is 368 g/mol. The van der Waals surface area contributed by atoms with Gasteiger partial charge >= 0.3 is 5.97 Å². The van der Waals surface area contributed by atoms with Crippen LogP contribution in [-0.2, 0) is 14.3 Å². The van der Waals surface area contributed by atoms with Gasteiger partial charge in [0.2, 0.25) is 0 Å². The fourth-order valence-corrected chi connectivity index (χ4v) is 7.36. The number of fused-ring (bicyclic) bond motifs is 5. The highest BCUT2D eigenvalue weighted by Gasteiger charge is 2.64. The summed E-state index contributed by atoms with van der Waals surface area (Å²) in [5, 5.41) is 0. The van der Waals surface area contributed by atoms with Gasteiger partial charge in [-0.25, -0.2) is 4.79 Å². The highest BCUT2D eigenvalue weighted by molar-refractivity contribution is 5.91. The second-order valence-corrected chi connectivity index (χ2v) is 9.68. The standard InChI is InChI=1S/C24H32O3/c1-5-21(26)27-24(6-2)14-11-20-18-8-7-16-15-17(25)9-12-22(16,3)19(18)10-13-23(20,24)4/h5-6,15,18-20H,1-2,7-14H2,3-4H3/t18-,19+,20+,22+,23+,24+/m1/s1. The van der Waals surface area contributed by atoms with E-state index in [9.17, 15) is 9.59 Å². The highest BCUT2D eigenvalue weighted by atomic mass is 16.6. The van der Waals surface area contributed by atoms with E-state index in [0.29, 0.717) is 30.0 Å². The van der Waals surface area contributed by atoms with Crippen LogP contribution in [0, 0.1) is 28.6 Å². The average Bonchev–Trinajstić information content (AvgIpc) is 2.95. The molecule has 0 amide bonds. The highest BCUT2D eigenvalue weighted by Crippen LogP contribution is 2.68. The maximum Gasteiger partial charge on any atom is 0.331 e. The number of hydrogen-bond donors (Lipinski definition) is 0. The molecule has 0 unspecified atom stereocenters. The van der Waals surface area contributed by atoms with Gasteiger partial charge in [-0.05, 0) is 80.3 Å². The van der Waals surface area contributed by atoms with Crippen molar-refractivity contribution in [3.63, 3.8) is 0 Å². The maximum absolute atomic E-state index is 12.1. The molecule has 0 radical (unpaired) electrons. The molecule has 0 saturated heterocycles. The first-order valence-corrected chi connectivity index (χ1v) is 10.5. The molecular formula is C24H32O3. The Morgan fingerprint density at radius 3 is 2.56 bits per heavy atom. The minimum atomic E-state index is -0.576. The fourth-order valence-electron chi connectivity index (χ4n) is 7.36. The summed E-state index contributed by atoms with van der Waals surface area (Å²) < 4.78 is 5.96. The second kappa shape index (κ2) is 6.18. The number of allylic oxidation sites excluding steroid dienone is 1. The number of carbonyl (C=O) groups is 2. The summed E-state index contributed by atoms with van der Waals surface area (Å²) in [4.78, 5) is 24.0. The van der Waals surface area contributed by atoms with Crippen LogP contribution in [0.3, 0.4) is 0 Å². The van der Waals surface area contributed by atoms with Gasteiger partial charge in [0.1, 0.15) is 5.60 Å². The predicted molar refractivity (Wildman–Crippen MR) is 106 cm³/mol. The van der Waals surface area contributed by atoms with Crippen LogP contribution in [0.15, 0.2) is 37.0 Å². The van der Waals surface area contributed by atoms with Crippen molar-refractivity contribution in [2.45, 2.75) is 70.8 Å². The minimum absolute atomic E-state index is 0.0589. The third kappa shape index (κ3) is 2.46. The zero-order valence-corrected chi connectivity index (χ0v) is 16.8. The summed E-state index contributed by atoms with van der Waals surface area (Å²) in [6.45, 7) is 12.4. The molecule has 6 atom stereocenters. The number of hydrogen-bond acceptors (Lipinski definition) is 3. The Morgan fingerprint density at radius 1 is 1.11 bits per heavy atom. The molecule has 0 aliphatic heterocycles. The third-order valence-corrected chi connectivity index (χ3v) is 8.92. The van der Waals surface area contributed by atoms with Crippen molar-refractivity contribution in [1.82, 2.24) is 0 Å². The quantitative estimate of drug-likeness (QED) is 0.392. The van der Waals surface area contributed by atoms with Gasteiger partial charge in [0, 0.05) is 17.9 Å². The molecule has 146 valence electrons. The molecule has 27 heavy (non-hydrogen) atoms. The second-order valence-electron chi connectivity index (χ2n) is 9.68. The SMILES string of the molecule is C=CC(=O)O[C@@]1(C=C)CC[C@H]2[C@@H]3CCC4=CC(=O)CC[C@]4(C)[C@H]3CC[C@@]21C. The van der Waals surface area contributed by atoms with Crippen LogP contribution in [0.1, 0.15) is 65.2 Å². The van der Waals surface area contributed by atoms with E-state index in [0.717, 1.165) is 44.9 Å². The molecule has 3 nitrogen and oxygen atoms in total. The van der Waals surface area contributed by atoms with Gasteiger partial charge in [0.15, 0.2) is 5.78 Å². The molecule has 3 saturated carbocycles. The summed E-state index contributed by atoms with van der Waals surface area (Å²) in [6, 6.07) is 0. The van der Waals surface area contributed by atoms with Crippen LogP contribution in [0.2, 0.25) is 0 Å². The lowest BCUT2D eigenvalue weighted by molar-refractivity contribution is -0.167. The Hall–Kier alpha value is -1.64. The Balaban J connectivity index is 1.67. The van der Waals surface area contributed by atoms with Gasteiger partial charge in [-0.2, -0.15) is 0 Å². The molecule has 4 aliphatic rings. The van der Waals surface area contributed by atoms with Crippen molar-refractivity contribution >= 4 is 11.8 Å². The number of rotatable bonds is 3. The molecule has 3 heteroatoms. The van der Waals surface area contributed by atoms with E-state index in [4.69, 9.17) is 4.74 Å². The Bertz CT molecular complexity index is 734. The number of esters is 1. The molecule has 4 rings (SSSR count). The molecular weight excluding hydrogens is 336 g/mol. The Kier molecular flexibility index (Phi) is 4.29. The largest absolute Gasteiger partial charge is 0.451 e. The topological polar surface area (TPSA) is 43.4 Å². The first kappa shape index (κ1) is 18.7. The molecule has 0 aromatic heterocycles. The van der Waals surface area contributed by atoms with E-state index in [-0.39, 0.29) is 16.8 Å². The van der Waals surface area contributed by atoms with E-state index in [2.05, 4.69) is 27.0 Å². The van der Waals surface area contributed by atoms with Crippen molar-refractivity contribution in [2.75, 3.05) is 0 Å². The van der Waals surface area contributed by atoms with Crippen LogP contribution >= 0.6 is 0 Å². The lowest BCUT2D eigenvalue weighted by atomic mass is 9.46. The third-order valence-electron chi connectivity index (χ3n) is 8.92. The molecule has 0 spiro atoms. The van der Waals surface area contributed by atoms with E-state index < -0.39 is 5.60 Å². The van der Waals surface area contributed by atoms with Gasteiger partial charge in [0.25, 0.3) is 0 Å². The van der Waals surface area contributed by atoms with Crippen molar-refractivity contribution in [1.29, 1.82) is 0 Å².